The third kappa shape index (κ3) is 7.28. The molecule has 1 N–H and O–H groups in total. The smallest absolute Gasteiger partial charge is 0.335 e. The number of carboxylic acids is 1. The van der Waals surface area contributed by atoms with Crippen LogP contribution in [0.25, 0.3) is 0 Å². The summed E-state index contributed by atoms with van der Waals surface area (Å²) in [5, 5.41) is 9.10. The zero-order valence-electron chi connectivity index (χ0n) is 14.2. The Balaban J connectivity index is 2.89. The molecule has 0 atom stereocenters. The van der Waals surface area contributed by atoms with Gasteiger partial charge in [0.05, 0.1) is 5.56 Å². The summed E-state index contributed by atoms with van der Waals surface area (Å²) in [6.07, 6.45) is 0. The van der Waals surface area contributed by atoms with Crippen molar-refractivity contribution in [2.75, 3.05) is 13.1 Å². The van der Waals surface area contributed by atoms with E-state index in [4.69, 9.17) is 5.11 Å². The van der Waals surface area contributed by atoms with Gasteiger partial charge < -0.3 is 5.11 Å². The summed E-state index contributed by atoms with van der Waals surface area (Å²) in [5.41, 5.74) is 1.85. The average Bonchev–Trinajstić information content (AvgIpc) is 2.24. The Morgan fingerprint density at radius 2 is 1.57 bits per heavy atom. The lowest BCUT2D eigenvalue weighted by atomic mass is 9.91. The predicted octanol–water partition coefficient (Wildman–Crippen LogP) is 4.28. The van der Waals surface area contributed by atoms with Crippen molar-refractivity contribution in [3.05, 3.63) is 35.4 Å². The van der Waals surface area contributed by atoms with Crippen molar-refractivity contribution in [1.29, 1.82) is 0 Å². The minimum atomic E-state index is -0.866. The third-order valence-corrected chi connectivity index (χ3v) is 2.98. The van der Waals surface area contributed by atoms with Gasteiger partial charge in [0.15, 0.2) is 0 Å². The van der Waals surface area contributed by atoms with Gasteiger partial charge in [0, 0.05) is 19.6 Å². The molecule has 0 unspecified atom stereocenters. The van der Waals surface area contributed by atoms with Crippen LogP contribution in [-0.4, -0.2) is 29.1 Å². The Morgan fingerprint density at radius 1 is 1.05 bits per heavy atom. The van der Waals surface area contributed by atoms with Crippen LogP contribution < -0.4 is 0 Å². The molecule has 3 heteroatoms. The van der Waals surface area contributed by atoms with Crippen LogP contribution in [0.5, 0.6) is 0 Å². The molecule has 0 aromatic heterocycles. The molecule has 0 amide bonds. The summed E-state index contributed by atoms with van der Waals surface area (Å²) in [5.74, 6) is -0.866. The van der Waals surface area contributed by atoms with Crippen molar-refractivity contribution in [2.45, 2.75) is 48.1 Å². The summed E-state index contributed by atoms with van der Waals surface area (Å²) in [4.78, 5) is 13.5. The molecule has 0 aliphatic heterocycles. The zero-order chi connectivity index (χ0) is 16.3. The highest BCUT2D eigenvalue weighted by Gasteiger charge is 2.22. The third-order valence-electron chi connectivity index (χ3n) is 2.98. The molecule has 3 nitrogen and oxygen atoms in total. The van der Waals surface area contributed by atoms with E-state index in [-0.39, 0.29) is 10.8 Å². The zero-order valence-corrected chi connectivity index (χ0v) is 14.2. The highest BCUT2D eigenvalue weighted by Crippen LogP contribution is 2.22. The number of carbonyl (C=O) groups is 1. The molecular weight excluding hydrogens is 262 g/mol. The van der Waals surface area contributed by atoms with Gasteiger partial charge in [0.25, 0.3) is 0 Å². The molecule has 0 radical (unpaired) electrons. The maximum Gasteiger partial charge on any atom is 0.335 e. The van der Waals surface area contributed by atoms with Crippen molar-refractivity contribution in [1.82, 2.24) is 4.90 Å². The highest BCUT2D eigenvalue weighted by atomic mass is 16.4. The number of nitrogens with zero attached hydrogens (tertiary/aromatic N) is 1. The summed E-state index contributed by atoms with van der Waals surface area (Å²) >= 11 is 0. The van der Waals surface area contributed by atoms with Crippen LogP contribution in [-0.2, 0) is 6.54 Å². The van der Waals surface area contributed by atoms with Gasteiger partial charge in [-0.25, -0.2) is 4.79 Å². The summed E-state index contributed by atoms with van der Waals surface area (Å²) in [6, 6.07) is 7.25. The average molecular weight is 291 g/mol. The fourth-order valence-corrected chi connectivity index (χ4v) is 2.57. The van der Waals surface area contributed by atoms with Crippen molar-refractivity contribution >= 4 is 5.97 Å². The van der Waals surface area contributed by atoms with E-state index >= 15 is 0 Å². The van der Waals surface area contributed by atoms with Crippen LogP contribution in [0.4, 0.5) is 0 Å². The van der Waals surface area contributed by atoms with Crippen molar-refractivity contribution in [3.63, 3.8) is 0 Å². The van der Waals surface area contributed by atoms with Gasteiger partial charge in [-0.15, -0.1) is 0 Å². The first-order valence-corrected chi connectivity index (χ1v) is 7.51. The van der Waals surface area contributed by atoms with Gasteiger partial charge in [-0.2, -0.15) is 0 Å². The van der Waals surface area contributed by atoms with Crippen LogP contribution in [0.15, 0.2) is 24.3 Å². The van der Waals surface area contributed by atoms with Crippen molar-refractivity contribution in [2.24, 2.45) is 10.8 Å². The Hall–Kier alpha value is -1.35. The molecule has 0 saturated heterocycles. The van der Waals surface area contributed by atoms with Crippen LogP contribution in [0.3, 0.4) is 0 Å². The molecular formula is C18H29NO2. The van der Waals surface area contributed by atoms with E-state index in [1.54, 1.807) is 12.1 Å². The molecule has 0 aliphatic carbocycles. The SMILES string of the molecule is CC(C)(C)CN(Cc1cccc(C(=O)O)c1)CC(C)(C)C. The summed E-state index contributed by atoms with van der Waals surface area (Å²) in [7, 11) is 0. The minimum Gasteiger partial charge on any atom is -0.478 e. The van der Waals surface area contributed by atoms with Gasteiger partial charge in [-0.05, 0) is 28.5 Å². The Bertz CT molecular complexity index is 465. The monoisotopic (exact) mass is 291 g/mol. The first-order valence-electron chi connectivity index (χ1n) is 7.51. The number of hydrogen-bond donors (Lipinski definition) is 1. The maximum atomic E-state index is 11.1. The lowest BCUT2D eigenvalue weighted by Crippen LogP contribution is -2.38. The van der Waals surface area contributed by atoms with Crippen LogP contribution in [0.1, 0.15) is 57.5 Å². The van der Waals surface area contributed by atoms with Crippen LogP contribution >= 0.6 is 0 Å². The van der Waals surface area contributed by atoms with E-state index in [2.05, 4.69) is 46.4 Å². The number of hydrogen-bond acceptors (Lipinski definition) is 2. The fourth-order valence-electron chi connectivity index (χ4n) is 2.57. The number of benzene rings is 1. The van der Waals surface area contributed by atoms with E-state index in [0.29, 0.717) is 5.56 Å². The standard InChI is InChI=1S/C18H29NO2/c1-17(2,3)12-19(13-18(4,5)6)11-14-8-7-9-15(10-14)16(20)21/h7-10H,11-13H2,1-6H3,(H,20,21). The lowest BCUT2D eigenvalue weighted by molar-refractivity contribution is 0.0696. The molecule has 0 aliphatic rings. The Kier molecular flexibility index (Phi) is 5.57. The Morgan fingerprint density at radius 3 is 2.00 bits per heavy atom. The number of carboxylic acid groups (broad SMARTS) is 1. The summed E-state index contributed by atoms with van der Waals surface area (Å²) in [6.45, 7) is 16.2. The van der Waals surface area contributed by atoms with Crippen LogP contribution in [0, 0.1) is 10.8 Å². The molecule has 21 heavy (non-hydrogen) atoms. The second-order valence-electron chi connectivity index (χ2n) is 8.27. The van der Waals surface area contributed by atoms with E-state index in [0.717, 1.165) is 25.2 Å². The molecule has 118 valence electrons. The first kappa shape index (κ1) is 17.7. The summed E-state index contributed by atoms with van der Waals surface area (Å²) < 4.78 is 0. The van der Waals surface area contributed by atoms with E-state index in [9.17, 15) is 4.79 Å². The quantitative estimate of drug-likeness (QED) is 0.880. The first-order chi connectivity index (χ1) is 9.46. The second-order valence-corrected chi connectivity index (χ2v) is 8.27. The highest BCUT2D eigenvalue weighted by molar-refractivity contribution is 5.87. The molecule has 0 spiro atoms. The molecule has 1 rings (SSSR count). The van der Waals surface area contributed by atoms with Gasteiger partial charge in [-0.3, -0.25) is 4.90 Å². The van der Waals surface area contributed by atoms with Gasteiger partial charge in [-0.1, -0.05) is 53.7 Å². The predicted molar refractivity (Wildman–Crippen MR) is 87.6 cm³/mol. The number of rotatable bonds is 5. The largest absolute Gasteiger partial charge is 0.478 e. The van der Waals surface area contributed by atoms with E-state index in [1.807, 2.05) is 12.1 Å². The fraction of sp³-hybridized carbons (Fsp3) is 0.611. The van der Waals surface area contributed by atoms with Crippen LogP contribution in [0.2, 0.25) is 0 Å². The van der Waals surface area contributed by atoms with Crippen molar-refractivity contribution in [3.8, 4) is 0 Å². The molecule has 0 fully saturated rings. The minimum absolute atomic E-state index is 0.218. The molecule has 1 aromatic rings. The van der Waals surface area contributed by atoms with Gasteiger partial charge in [0.1, 0.15) is 0 Å². The Labute approximate surface area is 129 Å². The number of aromatic carboxylic acids is 1. The maximum absolute atomic E-state index is 11.1. The normalized spacial score (nSPS) is 12.7. The van der Waals surface area contributed by atoms with Crippen molar-refractivity contribution < 1.29 is 9.90 Å². The molecule has 0 saturated carbocycles. The van der Waals surface area contributed by atoms with E-state index in [1.165, 1.54) is 0 Å². The van der Waals surface area contributed by atoms with E-state index < -0.39 is 5.97 Å². The molecule has 1 aromatic carbocycles. The molecule has 0 heterocycles. The van der Waals surface area contributed by atoms with Gasteiger partial charge in [0.2, 0.25) is 0 Å². The topological polar surface area (TPSA) is 40.5 Å². The van der Waals surface area contributed by atoms with Gasteiger partial charge >= 0.3 is 5.97 Å². The second kappa shape index (κ2) is 6.61. The lowest BCUT2D eigenvalue weighted by Gasteiger charge is -2.34. The molecule has 0 bridgehead atoms.